The molecule has 0 fully saturated rings. The highest BCUT2D eigenvalue weighted by Gasteiger charge is 2.08. The summed E-state index contributed by atoms with van der Waals surface area (Å²) in [6.07, 6.45) is 0. The van der Waals surface area contributed by atoms with Gasteiger partial charge in [0.1, 0.15) is 0 Å². The van der Waals surface area contributed by atoms with Crippen LogP contribution in [0.4, 0.5) is 5.69 Å². The summed E-state index contributed by atoms with van der Waals surface area (Å²) in [4.78, 5) is 11.4. The Bertz CT molecular complexity index is 338. The van der Waals surface area contributed by atoms with E-state index in [1.165, 1.54) is 0 Å². The number of benzene rings is 1. The lowest BCUT2D eigenvalue weighted by atomic mass is 10.3. The molecular formula is C10H13Cl3N2O. The van der Waals surface area contributed by atoms with Gasteiger partial charge in [0.25, 0.3) is 0 Å². The first-order chi connectivity index (χ1) is 7.15. The first-order valence-corrected chi connectivity index (χ1v) is 5.35. The Morgan fingerprint density at radius 1 is 1.31 bits per heavy atom. The van der Waals surface area contributed by atoms with Gasteiger partial charge in [0.2, 0.25) is 5.91 Å². The SMILES string of the molecule is CCNCC(=O)Nc1c(Cl)cccc1Cl.Cl. The van der Waals surface area contributed by atoms with Gasteiger partial charge in [0.05, 0.1) is 22.3 Å². The number of para-hydroxylation sites is 1. The first kappa shape index (κ1) is 15.5. The van der Waals surface area contributed by atoms with Crippen LogP contribution in [0, 0.1) is 0 Å². The van der Waals surface area contributed by atoms with E-state index in [0.717, 1.165) is 6.54 Å². The second-order valence-electron chi connectivity index (χ2n) is 2.93. The van der Waals surface area contributed by atoms with Gasteiger partial charge < -0.3 is 10.6 Å². The van der Waals surface area contributed by atoms with Crippen LogP contribution in [-0.2, 0) is 4.79 Å². The van der Waals surface area contributed by atoms with Crippen LogP contribution in [0.1, 0.15) is 6.92 Å². The van der Waals surface area contributed by atoms with E-state index in [-0.39, 0.29) is 24.9 Å². The van der Waals surface area contributed by atoms with E-state index >= 15 is 0 Å². The largest absolute Gasteiger partial charge is 0.322 e. The Kier molecular flexibility index (Phi) is 7.51. The Hall–Kier alpha value is -0.480. The van der Waals surface area contributed by atoms with Crippen LogP contribution in [0.15, 0.2) is 18.2 Å². The minimum absolute atomic E-state index is 0. The van der Waals surface area contributed by atoms with Crippen molar-refractivity contribution in [3.05, 3.63) is 28.2 Å². The second-order valence-corrected chi connectivity index (χ2v) is 3.74. The highest BCUT2D eigenvalue weighted by atomic mass is 35.5. The van der Waals surface area contributed by atoms with Gasteiger partial charge in [-0.05, 0) is 18.7 Å². The molecule has 2 N–H and O–H groups in total. The predicted molar refractivity (Wildman–Crippen MR) is 70.9 cm³/mol. The standard InChI is InChI=1S/C10H12Cl2N2O.ClH/c1-2-13-6-9(15)14-10-7(11)4-3-5-8(10)12;/h3-5,13H,2,6H2,1H3,(H,14,15);1H. The van der Waals surface area contributed by atoms with Crippen molar-refractivity contribution in [2.75, 3.05) is 18.4 Å². The monoisotopic (exact) mass is 282 g/mol. The van der Waals surface area contributed by atoms with Crippen molar-refractivity contribution in [2.45, 2.75) is 6.92 Å². The molecule has 0 saturated heterocycles. The zero-order chi connectivity index (χ0) is 11.3. The van der Waals surface area contributed by atoms with E-state index in [2.05, 4.69) is 10.6 Å². The lowest BCUT2D eigenvalue weighted by Crippen LogP contribution is -2.27. The number of hydrogen-bond donors (Lipinski definition) is 2. The van der Waals surface area contributed by atoms with Crippen LogP contribution in [-0.4, -0.2) is 19.0 Å². The average molecular weight is 284 g/mol. The van der Waals surface area contributed by atoms with Crippen molar-refractivity contribution in [1.29, 1.82) is 0 Å². The highest BCUT2D eigenvalue weighted by molar-refractivity contribution is 6.39. The summed E-state index contributed by atoms with van der Waals surface area (Å²) in [6, 6.07) is 5.08. The maximum atomic E-state index is 11.4. The van der Waals surface area contributed by atoms with Crippen LogP contribution in [0.25, 0.3) is 0 Å². The average Bonchev–Trinajstić information content (AvgIpc) is 2.21. The minimum atomic E-state index is -0.160. The summed E-state index contributed by atoms with van der Waals surface area (Å²) in [5.74, 6) is -0.160. The first-order valence-electron chi connectivity index (χ1n) is 4.59. The maximum Gasteiger partial charge on any atom is 0.238 e. The van der Waals surface area contributed by atoms with E-state index in [4.69, 9.17) is 23.2 Å². The van der Waals surface area contributed by atoms with Crippen molar-refractivity contribution in [3.63, 3.8) is 0 Å². The van der Waals surface area contributed by atoms with Gasteiger partial charge in [-0.15, -0.1) is 12.4 Å². The molecule has 1 aromatic carbocycles. The van der Waals surface area contributed by atoms with Crippen LogP contribution >= 0.6 is 35.6 Å². The molecule has 0 unspecified atom stereocenters. The highest BCUT2D eigenvalue weighted by Crippen LogP contribution is 2.29. The Morgan fingerprint density at radius 3 is 2.38 bits per heavy atom. The zero-order valence-electron chi connectivity index (χ0n) is 8.72. The number of rotatable bonds is 4. The third kappa shape index (κ3) is 4.58. The summed E-state index contributed by atoms with van der Waals surface area (Å²) in [6.45, 7) is 2.91. The number of likely N-dealkylation sites (N-methyl/N-ethyl adjacent to an activating group) is 1. The molecule has 1 aromatic rings. The van der Waals surface area contributed by atoms with Crippen molar-refractivity contribution in [1.82, 2.24) is 5.32 Å². The molecule has 1 amide bonds. The molecule has 0 aliphatic heterocycles. The van der Waals surface area contributed by atoms with E-state index in [1.807, 2.05) is 6.92 Å². The fraction of sp³-hybridized carbons (Fsp3) is 0.300. The third-order valence-electron chi connectivity index (χ3n) is 1.76. The van der Waals surface area contributed by atoms with Crippen LogP contribution in [0.5, 0.6) is 0 Å². The quantitative estimate of drug-likeness (QED) is 0.892. The normalized spacial score (nSPS) is 9.44. The Balaban J connectivity index is 0.00000225. The van der Waals surface area contributed by atoms with Crippen LogP contribution < -0.4 is 10.6 Å². The number of halogens is 3. The summed E-state index contributed by atoms with van der Waals surface area (Å²) in [5, 5.41) is 6.43. The molecule has 0 spiro atoms. The van der Waals surface area contributed by atoms with Gasteiger partial charge >= 0.3 is 0 Å². The number of carbonyl (C=O) groups excluding carboxylic acids is 1. The molecule has 6 heteroatoms. The lowest BCUT2D eigenvalue weighted by Gasteiger charge is -2.08. The van der Waals surface area contributed by atoms with Crippen LogP contribution in [0.3, 0.4) is 0 Å². The molecule has 0 aromatic heterocycles. The van der Waals surface area contributed by atoms with Gasteiger partial charge in [-0.25, -0.2) is 0 Å². The van der Waals surface area contributed by atoms with Gasteiger partial charge in [0, 0.05) is 0 Å². The van der Waals surface area contributed by atoms with Gasteiger partial charge in [-0.2, -0.15) is 0 Å². The maximum absolute atomic E-state index is 11.4. The van der Waals surface area contributed by atoms with Crippen molar-refractivity contribution in [3.8, 4) is 0 Å². The molecule has 0 aliphatic rings. The number of hydrogen-bond acceptors (Lipinski definition) is 2. The number of anilines is 1. The fourth-order valence-corrected chi connectivity index (χ4v) is 1.53. The van der Waals surface area contributed by atoms with Crippen molar-refractivity contribution < 1.29 is 4.79 Å². The molecule has 0 aliphatic carbocycles. The molecular weight excluding hydrogens is 270 g/mol. The summed E-state index contributed by atoms with van der Waals surface area (Å²) < 4.78 is 0. The van der Waals surface area contributed by atoms with Crippen molar-refractivity contribution in [2.24, 2.45) is 0 Å². The topological polar surface area (TPSA) is 41.1 Å². The zero-order valence-corrected chi connectivity index (χ0v) is 11.0. The van der Waals surface area contributed by atoms with E-state index in [1.54, 1.807) is 18.2 Å². The number of amides is 1. The molecule has 0 bridgehead atoms. The van der Waals surface area contributed by atoms with E-state index in [9.17, 15) is 4.79 Å². The molecule has 0 saturated carbocycles. The predicted octanol–water partition coefficient (Wildman–Crippen LogP) is 2.96. The summed E-state index contributed by atoms with van der Waals surface area (Å²) in [5.41, 5.74) is 0.462. The minimum Gasteiger partial charge on any atom is -0.322 e. The second kappa shape index (κ2) is 7.74. The van der Waals surface area contributed by atoms with Gasteiger partial charge in [-0.1, -0.05) is 36.2 Å². The molecule has 3 nitrogen and oxygen atoms in total. The molecule has 0 radical (unpaired) electrons. The molecule has 0 atom stereocenters. The number of nitrogens with one attached hydrogen (secondary N) is 2. The van der Waals surface area contributed by atoms with E-state index < -0.39 is 0 Å². The van der Waals surface area contributed by atoms with Crippen LogP contribution in [0.2, 0.25) is 10.0 Å². The van der Waals surface area contributed by atoms with E-state index in [0.29, 0.717) is 15.7 Å². The summed E-state index contributed by atoms with van der Waals surface area (Å²) >= 11 is 11.8. The Labute approximate surface area is 111 Å². The fourth-order valence-electron chi connectivity index (χ4n) is 1.04. The molecule has 16 heavy (non-hydrogen) atoms. The van der Waals surface area contributed by atoms with Gasteiger partial charge in [-0.3, -0.25) is 4.79 Å². The Morgan fingerprint density at radius 2 is 1.88 bits per heavy atom. The smallest absolute Gasteiger partial charge is 0.238 e. The lowest BCUT2D eigenvalue weighted by molar-refractivity contribution is -0.115. The molecule has 0 heterocycles. The van der Waals surface area contributed by atoms with Crippen molar-refractivity contribution >= 4 is 47.2 Å². The third-order valence-corrected chi connectivity index (χ3v) is 2.39. The molecule has 1 rings (SSSR count). The number of carbonyl (C=O) groups is 1. The molecule has 90 valence electrons. The van der Waals surface area contributed by atoms with Gasteiger partial charge in [0.15, 0.2) is 0 Å². The summed E-state index contributed by atoms with van der Waals surface area (Å²) in [7, 11) is 0.